The van der Waals surface area contributed by atoms with Gasteiger partial charge in [-0.3, -0.25) is 9.59 Å². The maximum absolute atomic E-state index is 11.5. The van der Waals surface area contributed by atoms with Crippen LogP contribution in [0.1, 0.15) is 13.3 Å². The van der Waals surface area contributed by atoms with E-state index in [1.165, 1.54) is 12.2 Å². The second kappa shape index (κ2) is 13.3. The Balaban J connectivity index is 4.34. The number of rotatable bonds is 12. The minimum atomic E-state index is -0.644. The zero-order valence-corrected chi connectivity index (χ0v) is 13.3. The molecule has 0 heterocycles. The summed E-state index contributed by atoms with van der Waals surface area (Å²) in [5.74, 6) is -0.932. The topological polar surface area (TPSA) is 103 Å². The quantitative estimate of drug-likeness (QED) is 0.306. The van der Waals surface area contributed by atoms with Crippen LogP contribution >= 0.6 is 0 Å². The van der Waals surface area contributed by atoms with E-state index in [9.17, 15) is 14.4 Å². The number of hydrogen-bond acceptors (Lipinski definition) is 7. The highest BCUT2D eigenvalue weighted by molar-refractivity contribution is 5.73. The first-order valence-electron chi connectivity index (χ1n) is 7.20. The van der Waals surface area contributed by atoms with E-state index < -0.39 is 24.1 Å². The van der Waals surface area contributed by atoms with Crippen molar-refractivity contribution in [2.24, 2.45) is 0 Å². The van der Waals surface area contributed by atoms with Crippen molar-refractivity contribution in [2.75, 3.05) is 32.9 Å². The highest BCUT2D eigenvalue weighted by Crippen LogP contribution is 1.96. The number of ether oxygens (including phenoxy) is 3. The van der Waals surface area contributed by atoms with E-state index >= 15 is 0 Å². The molecule has 0 aliphatic rings. The van der Waals surface area contributed by atoms with Gasteiger partial charge in [-0.15, -0.1) is 0 Å². The van der Waals surface area contributed by atoms with Gasteiger partial charge in [0.2, 0.25) is 0 Å². The minimum absolute atomic E-state index is 0.00961. The van der Waals surface area contributed by atoms with Gasteiger partial charge in [-0.1, -0.05) is 25.3 Å². The molecule has 0 aromatic carbocycles. The molecule has 0 radical (unpaired) electrons. The van der Waals surface area contributed by atoms with Crippen LogP contribution in [0, 0.1) is 0 Å². The van der Waals surface area contributed by atoms with Crippen LogP contribution in [0.25, 0.3) is 0 Å². The first-order chi connectivity index (χ1) is 11.0. The molecule has 8 heteroatoms. The Kier molecular flexibility index (Phi) is 12.0. The van der Waals surface area contributed by atoms with Crippen molar-refractivity contribution in [3.05, 3.63) is 25.3 Å². The molecule has 2 N–H and O–H groups in total. The third-order valence-corrected chi connectivity index (χ3v) is 2.44. The van der Waals surface area contributed by atoms with E-state index in [1.807, 2.05) is 0 Å². The van der Waals surface area contributed by atoms with Crippen molar-refractivity contribution in [1.29, 1.82) is 0 Å². The van der Waals surface area contributed by atoms with Crippen LogP contribution in [-0.2, 0) is 23.8 Å². The van der Waals surface area contributed by atoms with E-state index in [1.54, 1.807) is 6.92 Å². The predicted octanol–water partition coefficient (Wildman–Crippen LogP) is 0.539. The molecule has 0 saturated carbocycles. The molecule has 0 spiro atoms. The largest absolute Gasteiger partial charge is 0.466 e. The number of alkyl carbamates (subject to hydrolysis) is 1. The number of hydrogen-bond donors (Lipinski definition) is 2. The molecule has 130 valence electrons. The zero-order chi connectivity index (χ0) is 17.5. The van der Waals surface area contributed by atoms with E-state index in [0.29, 0.717) is 0 Å². The van der Waals surface area contributed by atoms with Gasteiger partial charge in [-0.2, -0.15) is 0 Å². The fraction of sp³-hybridized carbons (Fsp3) is 0.533. The number of amides is 1. The lowest BCUT2D eigenvalue weighted by Gasteiger charge is -2.18. The van der Waals surface area contributed by atoms with E-state index in [0.717, 1.165) is 0 Å². The van der Waals surface area contributed by atoms with Gasteiger partial charge >= 0.3 is 18.0 Å². The third-order valence-electron chi connectivity index (χ3n) is 2.44. The summed E-state index contributed by atoms with van der Waals surface area (Å²) < 4.78 is 14.4. The molecule has 23 heavy (non-hydrogen) atoms. The summed E-state index contributed by atoms with van der Waals surface area (Å²) in [6, 6.07) is -0.499. The van der Waals surface area contributed by atoms with E-state index in [2.05, 4.69) is 23.8 Å². The molecular formula is C15H24N2O6. The van der Waals surface area contributed by atoms with Gasteiger partial charge in [0, 0.05) is 12.6 Å². The zero-order valence-electron chi connectivity index (χ0n) is 13.3. The van der Waals surface area contributed by atoms with Gasteiger partial charge in [0.15, 0.2) is 0 Å². The molecule has 0 fully saturated rings. The molecule has 8 nitrogen and oxygen atoms in total. The first kappa shape index (κ1) is 20.6. The lowest BCUT2D eigenvalue weighted by molar-refractivity contribution is -0.145. The van der Waals surface area contributed by atoms with Crippen molar-refractivity contribution in [1.82, 2.24) is 10.6 Å². The third kappa shape index (κ3) is 11.9. The summed E-state index contributed by atoms with van der Waals surface area (Å²) in [6.45, 7) is 8.96. The monoisotopic (exact) mass is 328 g/mol. The molecule has 0 aliphatic carbocycles. The van der Waals surface area contributed by atoms with Crippen LogP contribution < -0.4 is 10.6 Å². The Morgan fingerprint density at radius 3 is 2.30 bits per heavy atom. The highest BCUT2D eigenvalue weighted by atomic mass is 16.5. The number of nitrogens with one attached hydrogen (secondary N) is 2. The van der Waals surface area contributed by atoms with Crippen LogP contribution in [-0.4, -0.2) is 57.0 Å². The van der Waals surface area contributed by atoms with Gasteiger partial charge in [0.1, 0.15) is 13.2 Å². The molecule has 1 amide bonds. The maximum atomic E-state index is 11.5. The van der Waals surface area contributed by atoms with Crippen LogP contribution in [0.5, 0.6) is 0 Å². The Hall–Kier alpha value is -2.35. The Labute approximate surface area is 135 Å². The molecule has 0 aromatic heterocycles. The fourth-order valence-electron chi connectivity index (χ4n) is 1.46. The summed E-state index contributed by atoms with van der Waals surface area (Å²) in [4.78, 5) is 34.3. The molecule has 0 aromatic rings. The summed E-state index contributed by atoms with van der Waals surface area (Å²) in [5, 5.41) is 5.31. The summed E-state index contributed by atoms with van der Waals surface area (Å²) in [7, 11) is 0. The van der Waals surface area contributed by atoms with Crippen LogP contribution in [0.15, 0.2) is 25.3 Å². The summed E-state index contributed by atoms with van der Waals surface area (Å²) >= 11 is 0. The molecule has 0 saturated heterocycles. The average molecular weight is 328 g/mol. The number of esters is 2. The van der Waals surface area contributed by atoms with Crippen molar-refractivity contribution in [3.63, 3.8) is 0 Å². The molecule has 0 unspecified atom stereocenters. The Morgan fingerprint density at radius 1 is 1.04 bits per heavy atom. The smallest absolute Gasteiger partial charge is 0.407 e. The average Bonchev–Trinajstić information content (AvgIpc) is 2.53. The van der Waals surface area contributed by atoms with E-state index in [4.69, 9.17) is 14.2 Å². The van der Waals surface area contributed by atoms with Crippen molar-refractivity contribution in [3.8, 4) is 0 Å². The second-order valence-electron chi connectivity index (χ2n) is 4.33. The van der Waals surface area contributed by atoms with Crippen molar-refractivity contribution >= 4 is 18.0 Å². The van der Waals surface area contributed by atoms with Gasteiger partial charge < -0.3 is 24.8 Å². The second-order valence-corrected chi connectivity index (χ2v) is 4.33. The minimum Gasteiger partial charge on any atom is -0.466 e. The van der Waals surface area contributed by atoms with Gasteiger partial charge in [-0.25, -0.2) is 4.79 Å². The Morgan fingerprint density at radius 2 is 1.70 bits per heavy atom. The molecular weight excluding hydrogens is 304 g/mol. The van der Waals surface area contributed by atoms with Crippen LogP contribution in [0.2, 0.25) is 0 Å². The van der Waals surface area contributed by atoms with Gasteiger partial charge in [0.25, 0.3) is 0 Å². The molecule has 1 atom stereocenters. The molecule has 0 rings (SSSR count). The summed E-state index contributed by atoms with van der Waals surface area (Å²) in [6.07, 6.45) is 2.23. The van der Waals surface area contributed by atoms with Crippen LogP contribution in [0.4, 0.5) is 4.79 Å². The molecule has 0 bridgehead atoms. The summed E-state index contributed by atoms with van der Waals surface area (Å²) in [5.41, 5.74) is 0. The van der Waals surface area contributed by atoms with Crippen molar-refractivity contribution in [2.45, 2.75) is 19.4 Å². The Bertz CT molecular complexity index is 383. The predicted molar refractivity (Wildman–Crippen MR) is 83.7 cm³/mol. The maximum Gasteiger partial charge on any atom is 0.407 e. The number of carbonyl (C=O) groups is 3. The van der Waals surface area contributed by atoms with Gasteiger partial charge in [-0.05, 0) is 6.92 Å². The van der Waals surface area contributed by atoms with Gasteiger partial charge in [0.05, 0.1) is 19.6 Å². The van der Waals surface area contributed by atoms with Crippen LogP contribution in [0.3, 0.4) is 0 Å². The highest BCUT2D eigenvalue weighted by Gasteiger charge is 2.17. The first-order valence-corrected chi connectivity index (χ1v) is 7.20. The SMILES string of the molecule is C=CCOC(=O)CN[C@@H](CNC(=O)OCC=C)CC(=O)OCC. The lowest BCUT2D eigenvalue weighted by atomic mass is 10.2. The number of carbonyl (C=O) groups excluding carboxylic acids is 3. The van der Waals surface area contributed by atoms with E-state index in [-0.39, 0.29) is 39.3 Å². The lowest BCUT2D eigenvalue weighted by Crippen LogP contribution is -2.44. The molecule has 0 aliphatic heterocycles. The van der Waals surface area contributed by atoms with Crippen molar-refractivity contribution < 1.29 is 28.6 Å². The standard InChI is InChI=1S/C15H24N2O6/c1-4-7-22-14(19)11-16-12(9-13(18)21-6-3)10-17-15(20)23-8-5-2/h4-5,12,16H,1-2,6-11H2,3H3,(H,17,20)/t12-/m1/s1. The fourth-order valence-corrected chi connectivity index (χ4v) is 1.46. The normalized spacial score (nSPS) is 11.0.